The molecule has 0 spiro atoms. The zero-order valence-corrected chi connectivity index (χ0v) is 8.88. The summed E-state index contributed by atoms with van der Waals surface area (Å²) in [5.74, 6) is 0. The molecule has 0 bridgehead atoms. The zero-order valence-electron chi connectivity index (χ0n) is 7.31. The van der Waals surface area contributed by atoms with E-state index in [2.05, 4.69) is 9.63 Å². The second kappa shape index (κ2) is 3.03. The van der Waals surface area contributed by atoms with Crippen LogP contribution in [0.2, 0.25) is 5.02 Å². The molecule has 1 aliphatic rings. The third kappa shape index (κ3) is 1.33. The first-order chi connectivity index (χ1) is 6.52. The van der Waals surface area contributed by atoms with Gasteiger partial charge in [0.15, 0.2) is 0 Å². The third-order valence-corrected chi connectivity index (χ3v) is 3.74. The van der Waals surface area contributed by atoms with Crippen LogP contribution in [0.15, 0.2) is 32.7 Å². The molecule has 1 unspecified atom stereocenters. The van der Waals surface area contributed by atoms with Gasteiger partial charge in [-0.15, -0.1) is 0 Å². The lowest BCUT2D eigenvalue weighted by Crippen LogP contribution is -2.08. The summed E-state index contributed by atoms with van der Waals surface area (Å²) in [6.45, 7) is 1.77. The minimum atomic E-state index is -3.68. The van der Waals surface area contributed by atoms with Crippen molar-refractivity contribution in [3.63, 3.8) is 0 Å². The molecule has 4 nitrogen and oxygen atoms in total. The lowest BCUT2D eigenvalue weighted by atomic mass is 10.1. The minimum Gasteiger partial charge on any atom is -0.198 e. The zero-order chi connectivity index (χ0) is 10.3. The number of benzene rings is 1. The lowest BCUT2D eigenvalue weighted by molar-refractivity contribution is 0.581. The van der Waals surface area contributed by atoms with Crippen molar-refractivity contribution >= 4 is 21.6 Å². The van der Waals surface area contributed by atoms with Gasteiger partial charge >= 0.3 is 10.0 Å². The highest BCUT2D eigenvalue weighted by Gasteiger charge is 2.28. The van der Waals surface area contributed by atoms with E-state index in [-0.39, 0.29) is 16.0 Å². The smallest absolute Gasteiger partial charge is 0.198 e. The van der Waals surface area contributed by atoms with E-state index in [9.17, 15) is 8.42 Å². The monoisotopic (exact) mass is 230 g/mol. The Balaban J connectivity index is 2.83. The first-order valence-corrected chi connectivity index (χ1v) is 5.80. The molecule has 0 aliphatic carbocycles. The van der Waals surface area contributed by atoms with Crippen LogP contribution in [0.25, 0.3) is 0 Å². The number of nitrogens with zero attached hydrogens (tertiary/aromatic N) is 2. The van der Waals surface area contributed by atoms with Crippen molar-refractivity contribution in [2.24, 2.45) is 9.63 Å². The first-order valence-electron chi connectivity index (χ1n) is 3.98. The number of fused-ring (bicyclic) bond motifs is 1. The average molecular weight is 231 g/mol. The molecule has 1 heterocycles. The van der Waals surface area contributed by atoms with Crippen molar-refractivity contribution in [1.82, 2.24) is 0 Å². The van der Waals surface area contributed by atoms with Gasteiger partial charge in [0.1, 0.15) is 4.90 Å². The largest absolute Gasteiger partial charge is 0.301 e. The molecule has 0 saturated heterocycles. The number of halogens is 1. The molecule has 1 aliphatic heterocycles. The second-order valence-electron chi connectivity index (χ2n) is 3.01. The summed E-state index contributed by atoms with van der Waals surface area (Å²) in [5.41, 5.74) is 0.604. The van der Waals surface area contributed by atoms with Gasteiger partial charge < -0.3 is 0 Å². The highest BCUT2D eigenvalue weighted by Crippen LogP contribution is 2.36. The third-order valence-electron chi connectivity index (χ3n) is 2.03. The van der Waals surface area contributed by atoms with Crippen LogP contribution in [0, 0.1) is 0 Å². The van der Waals surface area contributed by atoms with Crippen LogP contribution in [-0.4, -0.2) is 8.42 Å². The number of rotatable bonds is 0. The Kier molecular flexibility index (Phi) is 2.08. The Labute approximate surface area is 86.7 Å². The summed E-state index contributed by atoms with van der Waals surface area (Å²) in [7, 11) is -3.68. The molecule has 1 aromatic carbocycles. The molecule has 0 fully saturated rings. The molecular weight excluding hydrogens is 224 g/mol. The Hall–Kier alpha value is -0.940. The molecule has 74 valence electrons. The summed E-state index contributed by atoms with van der Waals surface area (Å²) in [5, 5.41) is 3.85. The average Bonchev–Trinajstić information content (AvgIpc) is 2.12. The topological polar surface area (TPSA) is 58.9 Å². The predicted molar refractivity (Wildman–Crippen MR) is 51.9 cm³/mol. The SMILES string of the molecule is CC1N=NS(=O)(=O)c2c(Cl)cccc21. The maximum atomic E-state index is 11.5. The first kappa shape index (κ1) is 9.61. The standard InChI is InChI=1S/C8H7ClN2O2S/c1-5-6-3-2-4-7(9)8(6)14(12,13)11-10-5/h2-5H,1H3. The number of hydrogen-bond donors (Lipinski definition) is 0. The molecule has 0 saturated carbocycles. The quantitative estimate of drug-likeness (QED) is 0.688. The van der Waals surface area contributed by atoms with E-state index in [1.807, 2.05) is 0 Å². The van der Waals surface area contributed by atoms with Crippen LogP contribution in [-0.2, 0) is 10.0 Å². The van der Waals surface area contributed by atoms with Gasteiger partial charge in [-0.2, -0.15) is 13.5 Å². The van der Waals surface area contributed by atoms with E-state index in [0.29, 0.717) is 5.56 Å². The van der Waals surface area contributed by atoms with E-state index in [1.165, 1.54) is 6.07 Å². The highest BCUT2D eigenvalue weighted by atomic mass is 35.5. The van der Waals surface area contributed by atoms with E-state index in [4.69, 9.17) is 11.6 Å². The maximum Gasteiger partial charge on any atom is 0.301 e. The molecule has 1 aromatic rings. The molecular formula is C8H7ClN2O2S. The van der Waals surface area contributed by atoms with Crippen LogP contribution >= 0.6 is 11.6 Å². The van der Waals surface area contributed by atoms with Crippen LogP contribution in [0.5, 0.6) is 0 Å². The molecule has 0 aromatic heterocycles. The number of hydrogen-bond acceptors (Lipinski definition) is 3. The fourth-order valence-electron chi connectivity index (χ4n) is 1.36. The van der Waals surface area contributed by atoms with Crippen molar-refractivity contribution < 1.29 is 8.42 Å². The highest BCUT2D eigenvalue weighted by molar-refractivity contribution is 7.90. The van der Waals surface area contributed by atoms with Gasteiger partial charge in [-0.05, 0) is 13.0 Å². The van der Waals surface area contributed by atoms with Crippen LogP contribution in [0.3, 0.4) is 0 Å². The summed E-state index contributed by atoms with van der Waals surface area (Å²) < 4.78 is 26.2. The van der Waals surface area contributed by atoms with E-state index in [1.54, 1.807) is 19.1 Å². The summed E-state index contributed by atoms with van der Waals surface area (Å²) in [4.78, 5) is 0.0872. The van der Waals surface area contributed by atoms with Gasteiger partial charge in [0.2, 0.25) is 0 Å². The fraction of sp³-hybridized carbons (Fsp3) is 0.250. The Morgan fingerprint density at radius 1 is 1.43 bits per heavy atom. The van der Waals surface area contributed by atoms with Gasteiger partial charge in [-0.25, -0.2) is 0 Å². The molecule has 0 N–H and O–H groups in total. The minimum absolute atomic E-state index is 0.0872. The maximum absolute atomic E-state index is 11.5. The van der Waals surface area contributed by atoms with Gasteiger partial charge in [0.25, 0.3) is 0 Å². The second-order valence-corrected chi connectivity index (χ2v) is 4.94. The Morgan fingerprint density at radius 3 is 2.79 bits per heavy atom. The van der Waals surface area contributed by atoms with Gasteiger partial charge in [-0.3, -0.25) is 0 Å². The summed E-state index contributed by atoms with van der Waals surface area (Å²) >= 11 is 5.81. The van der Waals surface area contributed by atoms with Crippen molar-refractivity contribution in [2.75, 3.05) is 0 Å². The van der Waals surface area contributed by atoms with Gasteiger partial charge in [0, 0.05) is 5.56 Å². The van der Waals surface area contributed by atoms with Crippen molar-refractivity contribution in [1.29, 1.82) is 0 Å². The van der Waals surface area contributed by atoms with Crippen LogP contribution in [0.4, 0.5) is 0 Å². The van der Waals surface area contributed by atoms with Gasteiger partial charge in [-0.1, -0.05) is 28.3 Å². The Morgan fingerprint density at radius 2 is 2.14 bits per heavy atom. The van der Waals surface area contributed by atoms with Crippen molar-refractivity contribution in [3.05, 3.63) is 28.8 Å². The number of sulfonamides is 1. The Bertz CT molecular complexity index is 510. The fourth-order valence-corrected chi connectivity index (χ4v) is 3.03. The normalized spacial score (nSPS) is 23.1. The van der Waals surface area contributed by atoms with Crippen molar-refractivity contribution in [2.45, 2.75) is 17.9 Å². The molecule has 0 radical (unpaired) electrons. The molecule has 2 rings (SSSR count). The molecule has 0 amide bonds. The predicted octanol–water partition coefficient (Wildman–Crippen LogP) is 2.56. The van der Waals surface area contributed by atoms with E-state index < -0.39 is 10.0 Å². The van der Waals surface area contributed by atoms with E-state index >= 15 is 0 Å². The summed E-state index contributed by atoms with van der Waals surface area (Å²) in [6.07, 6.45) is 0. The van der Waals surface area contributed by atoms with Gasteiger partial charge in [0.05, 0.1) is 11.1 Å². The molecule has 6 heteroatoms. The van der Waals surface area contributed by atoms with Crippen LogP contribution in [0.1, 0.15) is 18.5 Å². The molecule has 1 atom stereocenters. The molecule has 14 heavy (non-hydrogen) atoms. The van der Waals surface area contributed by atoms with Crippen LogP contribution < -0.4 is 0 Å². The van der Waals surface area contributed by atoms with E-state index in [0.717, 1.165) is 0 Å². The summed E-state index contributed by atoms with van der Waals surface area (Å²) in [6, 6.07) is 4.67. The van der Waals surface area contributed by atoms with Crippen molar-refractivity contribution in [3.8, 4) is 0 Å². The lowest BCUT2D eigenvalue weighted by Gasteiger charge is -2.15.